The number of aliphatic carboxylic acids is 1. The van der Waals surface area contributed by atoms with E-state index in [1.54, 1.807) is 24.3 Å². The van der Waals surface area contributed by atoms with Crippen molar-refractivity contribution < 1.29 is 24.5 Å². The van der Waals surface area contributed by atoms with Crippen LogP contribution < -0.4 is 5.73 Å². The normalized spacial score (nSPS) is 11.6. The highest BCUT2D eigenvalue weighted by Gasteiger charge is 2.11. The molecule has 0 amide bonds. The number of carbonyl (C=O) groups is 1. The van der Waals surface area contributed by atoms with Crippen molar-refractivity contribution in [2.75, 3.05) is 0 Å². The summed E-state index contributed by atoms with van der Waals surface area (Å²) in [5, 5.41) is 20.0. The molecule has 0 heterocycles. The summed E-state index contributed by atoms with van der Waals surface area (Å²) in [6.07, 6.45) is 0.262. The van der Waals surface area contributed by atoms with E-state index in [2.05, 4.69) is 9.37 Å². The molecule has 0 spiro atoms. The van der Waals surface area contributed by atoms with E-state index in [4.69, 9.17) is 16.1 Å². The maximum atomic E-state index is 10.5. The number of rotatable bonds is 6. The third-order valence-corrected chi connectivity index (χ3v) is 2.45. The molecule has 0 unspecified atom stereocenters. The van der Waals surface area contributed by atoms with E-state index >= 15 is 0 Å². The summed E-state index contributed by atoms with van der Waals surface area (Å²) in [7, 11) is 0. The second kappa shape index (κ2) is 8.34. The van der Waals surface area contributed by atoms with Gasteiger partial charge >= 0.3 is 5.97 Å². The van der Waals surface area contributed by atoms with Crippen LogP contribution in [0.5, 0.6) is 0 Å². The Morgan fingerprint density at radius 2 is 2.00 bits per heavy atom. The van der Waals surface area contributed by atoms with Crippen molar-refractivity contribution in [1.29, 1.82) is 0 Å². The smallest absolute Gasteiger partial charge is 0.320 e. The fourth-order valence-electron chi connectivity index (χ4n) is 1.08. The number of carboxylic acid groups (broad SMARTS) is 1. The molecule has 17 heavy (non-hydrogen) atoms. The first-order valence-electron chi connectivity index (χ1n) is 4.35. The number of hydrogen-bond donors (Lipinski definition) is 3. The van der Waals surface area contributed by atoms with Crippen LogP contribution in [0.25, 0.3) is 0 Å². The quantitative estimate of drug-likeness (QED) is 0.408. The van der Waals surface area contributed by atoms with Crippen molar-refractivity contribution in [3.8, 4) is 0 Å². The van der Waals surface area contributed by atoms with Crippen molar-refractivity contribution in [3.05, 3.63) is 29.8 Å². The fraction of sp³-hybridized carbons (Fsp3) is 0.222. The lowest BCUT2D eigenvalue weighted by Gasteiger charge is -2.06. The Morgan fingerprint density at radius 1 is 1.41 bits per heavy atom. The minimum absolute atomic E-state index is 0. The van der Waals surface area contributed by atoms with Gasteiger partial charge in [-0.15, -0.1) is 4.33 Å². The Balaban J connectivity index is 0.00000256. The van der Waals surface area contributed by atoms with E-state index in [-0.39, 0.29) is 19.9 Å². The highest BCUT2D eigenvalue weighted by Crippen LogP contribution is 2.19. The molecule has 0 aliphatic rings. The fourth-order valence-corrected chi connectivity index (χ4v) is 1.43. The zero-order valence-electron chi connectivity index (χ0n) is 8.70. The van der Waals surface area contributed by atoms with Gasteiger partial charge in [-0.25, -0.2) is 5.26 Å². The van der Waals surface area contributed by atoms with Crippen LogP contribution in [0, 0.1) is 0 Å². The van der Waals surface area contributed by atoms with Crippen LogP contribution in [0.2, 0.25) is 0 Å². The molecule has 0 aliphatic heterocycles. The first-order chi connectivity index (χ1) is 7.63. The van der Waals surface area contributed by atoms with Crippen molar-refractivity contribution in [3.63, 3.8) is 0 Å². The zero-order chi connectivity index (χ0) is 12.0. The molecule has 0 saturated carbocycles. The van der Waals surface area contributed by atoms with Crippen LogP contribution in [0.1, 0.15) is 5.56 Å². The summed E-state index contributed by atoms with van der Waals surface area (Å²) >= 11 is 0.835. The van der Waals surface area contributed by atoms with Gasteiger partial charge in [0.1, 0.15) is 6.04 Å². The van der Waals surface area contributed by atoms with Gasteiger partial charge < -0.3 is 10.8 Å². The maximum absolute atomic E-state index is 10.5. The molecule has 1 aromatic rings. The summed E-state index contributed by atoms with van der Waals surface area (Å²) in [6.45, 7) is 0. The van der Waals surface area contributed by atoms with E-state index in [0.717, 1.165) is 17.6 Å². The summed E-state index contributed by atoms with van der Waals surface area (Å²) < 4.78 is 4.23. The summed E-state index contributed by atoms with van der Waals surface area (Å²) in [6, 6.07) is 5.95. The van der Waals surface area contributed by atoms with Gasteiger partial charge in [-0.3, -0.25) is 4.79 Å². The Labute approximate surface area is 109 Å². The molecule has 8 heteroatoms. The second-order valence-corrected chi connectivity index (χ2v) is 3.79. The van der Waals surface area contributed by atoms with Gasteiger partial charge in [0.05, 0.1) is 12.0 Å². The molecule has 1 rings (SSSR count). The van der Waals surface area contributed by atoms with E-state index in [0.29, 0.717) is 4.90 Å². The van der Waals surface area contributed by atoms with Gasteiger partial charge in [-0.05, 0) is 24.1 Å². The van der Waals surface area contributed by atoms with Crippen molar-refractivity contribution in [2.45, 2.75) is 17.4 Å². The molecular formula is C9H13NO5S2. The first kappa shape index (κ1) is 16.2. The SMILES string of the molecule is N[C@@H](Cc1ccc(SOOO)cc1)C(=O)O.S. The maximum Gasteiger partial charge on any atom is 0.320 e. The van der Waals surface area contributed by atoms with Crippen molar-refractivity contribution in [2.24, 2.45) is 5.73 Å². The Bertz CT molecular complexity index is 346. The third-order valence-electron chi connectivity index (χ3n) is 1.86. The minimum atomic E-state index is -1.03. The molecule has 0 fully saturated rings. The Morgan fingerprint density at radius 3 is 2.47 bits per heavy atom. The van der Waals surface area contributed by atoms with Crippen LogP contribution >= 0.6 is 25.5 Å². The van der Waals surface area contributed by atoms with Crippen LogP contribution in [0.15, 0.2) is 29.2 Å². The molecule has 96 valence electrons. The number of benzene rings is 1. The molecule has 0 aromatic heterocycles. The van der Waals surface area contributed by atoms with Crippen LogP contribution in [0.4, 0.5) is 0 Å². The molecule has 1 atom stereocenters. The predicted octanol–water partition coefficient (Wildman–Crippen LogP) is 1.18. The largest absolute Gasteiger partial charge is 0.480 e. The van der Waals surface area contributed by atoms with E-state index in [1.165, 1.54) is 0 Å². The molecule has 0 radical (unpaired) electrons. The van der Waals surface area contributed by atoms with Crippen LogP contribution in [0.3, 0.4) is 0 Å². The van der Waals surface area contributed by atoms with Crippen molar-refractivity contribution in [1.82, 2.24) is 0 Å². The zero-order valence-corrected chi connectivity index (χ0v) is 10.5. The van der Waals surface area contributed by atoms with Gasteiger partial charge in [0, 0.05) is 4.90 Å². The summed E-state index contributed by atoms with van der Waals surface area (Å²) in [5.74, 6) is -1.03. The van der Waals surface area contributed by atoms with E-state index in [9.17, 15) is 4.79 Å². The molecule has 0 aliphatic carbocycles. The lowest BCUT2D eigenvalue weighted by atomic mass is 10.1. The number of hydrogen-bond acceptors (Lipinski definition) is 6. The standard InChI is InChI=1S/C9H11NO5S.H2S/c10-8(9(11)12)5-6-1-3-7(4-2-6)16-15-14-13;/h1-4,8,13H,5,10H2,(H,11,12);1H2/t8-;/m0./s1. The van der Waals surface area contributed by atoms with E-state index in [1.807, 2.05) is 0 Å². The average Bonchev–Trinajstić information content (AvgIpc) is 2.28. The third kappa shape index (κ3) is 5.91. The minimum Gasteiger partial charge on any atom is -0.480 e. The van der Waals surface area contributed by atoms with Gasteiger partial charge in [0.15, 0.2) is 0 Å². The lowest BCUT2D eigenvalue weighted by Crippen LogP contribution is -2.32. The average molecular weight is 279 g/mol. The van der Waals surface area contributed by atoms with Crippen LogP contribution in [-0.2, 0) is 20.6 Å². The molecular weight excluding hydrogens is 266 g/mol. The second-order valence-electron chi connectivity index (χ2n) is 3.02. The van der Waals surface area contributed by atoms with Crippen LogP contribution in [-0.4, -0.2) is 22.4 Å². The van der Waals surface area contributed by atoms with Gasteiger partial charge in [0.25, 0.3) is 0 Å². The van der Waals surface area contributed by atoms with Gasteiger partial charge in [-0.2, -0.15) is 13.5 Å². The molecule has 4 N–H and O–H groups in total. The summed E-state index contributed by atoms with van der Waals surface area (Å²) in [4.78, 5) is 11.2. The molecule has 0 bridgehead atoms. The van der Waals surface area contributed by atoms with Gasteiger partial charge in [-0.1, -0.05) is 17.2 Å². The molecule has 0 saturated heterocycles. The number of nitrogens with two attached hydrogens (primary N) is 1. The number of carboxylic acids is 1. The van der Waals surface area contributed by atoms with E-state index < -0.39 is 12.0 Å². The predicted molar refractivity (Wildman–Crippen MR) is 66.8 cm³/mol. The Hall–Kier alpha value is -0.770. The highest BCUT2D eigenvalue weighted by atomic mass is 32.2. The highest BCUT2D eigenvalue weighted by molar-refractivity contribution is 7.94. The topological polar surface area (TPSA) is 102 Å². The molecule has 1 aromatic carbocycles. The molecule has 6 nitrogen and oxygen atoms in total. The van der Waals surface area contributed by atoms with Gasteiger partial charge in [0.2, 0.25) is 0 Å². The summed E-state index contributed by atoms with van der Waals surface area (Å²) in [5.41, 5.74) is 6.19. The van der Waals surface area contributed by atoms with Crippen molar-refractivity contribution >= 4 is 31.5 Å². The monoisotopic (exact) mass is 279 g/mol. The lowest BCUT2D eigenvalue weighted by molar-refractivity contribution is -0.432. The Kier molecular flexibility index (Phi) is 7.96. The first-order valence-corrected chi connectivity index (χ1v) is 5.09.